The molecule has 4 N–H and O–H groups in total. The summed E-state index contributed by atoms with van der Waals surface area (Å²) in [5.74, 6) is 1.12. The zero-order valence-corrected chi connectivity index (χ0v) is 16.1. The number of fused-ring (bicyclic) bond motifs is 2. The van der Waals surface area contributed by atoms with E-state index in [1.807, 2.05) is 0 Å². The fraction of sp³-hybridized carbons (Fsp3) is 0.632. The molecule has 7 heteroatoms. The van der Waals surface area contributed by atoms with Crippen LogP contribution in [0.15, 0.2) is 29.2 Å². The van der Waals surface area contributed by atoms with Crippen LogP contribution in [-0.2, 0) is 21.2 Å². The number of amides is 1. The molecule has 3 rings (SSSR count). The van der Waals surface area contributed by atoms with E-state index < -0.39 is 10.0 Å². The molecule has 2 aliphatic rings. The Hall–Kier alpha value is -1.44. The molecule has 0 saturated heterocycles. The number of sulfonamides is 1. The van der Waals surface area contributed by atoms with Crippen LogP contribution in [0.4, 0.5) is 0 Å². The highest BCUT2D eigenvalue weighted by atomic mass is 32.2. The summed E-state index contributed by atoms with van der Waals surface area (Å²) >= 11 is 0. The average molecular weight is 380 g/mol. The monoisotopic (exact) mass is 379 g/mol. The number of nitrogens with two attached hydrogens (primary N) is 1. The first-order valence-electron chi connectivity index (χ1n) is 9.46. The minimum Gasteiger partial charge on any atom is -0.353 e. The molecule has 6 nitrogen and oxygen atoms in total. The summed E-state index contributed by atoms with van der Waals surface area (Å²) in [6, 6.07) is 7.25. The van der Waals surface area contributed by atoms with Crippen molar-refractivity contribution in [3.05, 3.63) is 29.8 Å². The Morgan fingerprint density at radius 2 is 1.77 bits per heavy atom. The lowest BCUT2D eigenvalue weighted by Crippen LogP contribution is -2.53. The lowest BCUT2D eigenvalue weighted by atomic mass is 9.67. The zero-order chi connectivity index (χ0) is 18.7. The van der Waals surface area contributed by atoms with Crippen molar-refractivity contribution in [2.24, 2.45) is 17.6 Å². The van der Waals surface area contributed by atoms with Crippen molar-refractivity contribution < 1.29 is 13.2 Å². The molecule has 0 radical (unpaired) electrons. The van der Waals surface area contributed by atoms with Gasteiger partial charge in [-0.1, -0.05) is 18.6 Å². The number of benzene rings is 1. The molecule has 0 aliphatic heterocycles. The third-order valence-corrected chi connectivity index (χ3v) is 7.28. The fourth-order valence-corrected chi connectivity index (χ4v) is 5.22. The van der Waals surface area contributed by atoms with Crippen LogP contribution in [0.1, 0.15) is 44.1 Å². The van der Waals surface area contributed by atoms with E-state index in [4.69, 9.17) is 5.73 Å². The van der Waals surface area contributed by atoms with Gasteiger partial charge >= 0.3 is 0 Å². The third kappa shape index (κ3) is 4.45. The predicted molar refractivity (Wildman–Crippen MR) is 101 cm³/mol. The van der Waals surface area contributed by atoms with Crippen molar-refractivity contribution in [3.63, 3.8) is 0 Å². The summed E-state index contributed by atoms with van der Waals surface area (Å²) in [5.41, 5.74) is 7.10. The van der Waals surface area contributed by atoms with Gasteiger partial charge in [0.25, 0.3) is 0 Å². The van der Waals surface area contributed by atoms with Crippen LogP contribution in [-0.4, -0.2) is 33.5 Å². The first-order valence-corrected chi connectivity index (χ1v) is 10.9. The van der Waals surface area contributed by atoms with Gasteiger partial charge in [-0.3, -0.25) is 4.79 Å². The molecule has 1 amide bonds. The minimum atomic E-state index is -3.42. The van der Waals surface area contributed by atoms with E-state index in [0.717, 1.165) is 31.2 Å². The number of carbonyl (C=O) groups excluding carboxylic acids is 1. The Balaban J connectivity index is 1.53. The maximum atomic E-state index is 12.4. The Morgan fingerprint density at radius 1 is 1.15 bits per heavy atom. The molecule has 2 bridgehead atoms. The molecule has 0 aromatic heterocycles. The molecule has 1 aromatic rings. The Bertz CT molecular complexity index is 719. The molecule has 2 fully saturated rings. The number of hydrogen-bond donors (Lipinski definition) is 3. The maximum absolute atomic E-state index is 12.4. The molecule has 0 heterocycles. The maximum Gasteiger partial charge on any atom is 0.240 e. The van der Waals surface area contributed by atoms with Crippen LogP contribution in [0.3, 0.4) is 0 Å². The van der Waals surface area contributed by atoms with E-state index in [-0.39, 0.29) is 22.9 Å². The highest BCUT2D eigenvalue weighted by Crippen LogP contribution is 2.39. The topological polar surface area (TPSA) is 101 Å². The van der Waals surface area contributed by atoms with E-state index in [2.05, 4.69) is 10.0 Å². The van der Waals surface area contributed by atoms with Gasteiger partial charge in [-0.05, 0) is 68.7 Å². The van der Waals surface area contributed by atoms with E-state index >= 15 is 0 Å². The molecule has 1 aromatic carbocycles. The van der Waals surface area contributed by atoms with E-state index in [1.54, 1.807) is 24.3 Å². The summed E-state index contributed by atoms with van der Waals surface area (Å²) in [6.07, 6.45) is 6.63. The van der Waals surface area contributed by atoms with Crippen molar-refractivity contribution >= 4 is 15.9 Å². The number of aryl methyl sites for hydroxylation is 1. The van der Waals surface area contributed by atoms with Gasteiger partial charge in [0.1, 0.15) is 0 Å². The Morgan fingerprint density at radius 3 is 2.35 bits per heavy atom. The van der Waals surface area contributed by atoms with Crippen molar-refractivity contribution in [2.75, 3.05) is 7.05 Å². The second kappa shape index (κ2) is 8.06. The molecule has 2 unspecified atom stereocenters. The zero-order valence-electron chi connectivity index (χ0n) is 15.3. The van der Waals surface area contributed by atoms with Crippen LogP contribution in [0, 0.1) is 11.8 Å². The standard InChI is InChI=1S/C19H29N3O3S/c1-21-26(24,25)17-8-5-13(6-9-17)7-10-18(23)22-19-14-3-2-4-15(19)12-16(20)11-14/h5-6,8-9,14-16,19,21H,2-4,7,10-12,20H2,1H3,(H,22,23). The fourth-order valence-electron chi connectivity index (χ4n) is 4.49. The highest BCUT2D eigenvalue weighted by molar-refractivity contribution is 7.89. The number of rotatable bonds is 6. The van der Waals surface area contributed by atoms with Gasteiger partial charge in [0, 0.05) is 18.5 Å². The van der Waals surface area contributed by atoms with E-state index in [9.17, 15) is 13.2 Å². The first-order chi connectivity index (χ1) is 12.4. The second-order valence-electron chi connectivity index (χ2n) is 7.63. The van der Waals surface area contributed by atoms with Crippen molar-refractivity contribution in [1.82, 2.24) is 10.0 Å². The first kappa shape index (κ1) is 19.3. The lowest BCUT2D eigenvalue weighted by molar-refractivity contribution is -0.123. The van der Waals surface area contributed by atoms with Gasteiger partial charge in [-0.15, -0.1) is 0 Å². The van der Waals surface area contributed by atoms with E-state index in [1.165, 1.54) is 13.5 Å². The largest absolute Gasteiger partial charge is 0.353 e. The van der Waals surface area contributed by atoms with Crippen LogP contribution in [0.5, 0.6) is 0 Å². The number of nitrogens with one attached hydrogen (secondary N) is 2. The second-order valence-corrected chi connectivity index (χ2v) is 9.51. The highest BCUT2D eigenvalue weighted by Gasteiger charge is 2.39. The minimum absolute atomic E-state index is 0.0781. The summed E-state index contributed by atoms with van der Waals surface area (Å²) < 4.78 is 25.8. The van der Waals surface area contributed by atoms with Gasteiger partial charge < -0.3 is 11.1 Å². The van der Waals surface area contributed by atoms with Crippen LogP contribution < -0.4 is 15.8 Å². The van der Waals surface area contributed by atoms with Crippen molar-refractivity contribution in [2.45, 2.75) is 61.9 Å². The lowest BCUT2D eigenvalue weighted by Gasteiger charge is -2.45. The predicted octanol–water partition coefficient (Wildman–Crippen LogP) is 1.55. The van der Waals surface area contributed by atoms with Gasteiger partial charge in [0.15, 0.2) is 0 Å². The van der Waals surface area contributed by atoms with Crippen molar-refractivity contribution in [1.29, 1.82) is 0 Å². The summed E-state index contributed by atoms with van der Waals surface area (Å²) in [5, 5.41) is 3.26. The molecule has 2 saturated carbocycles. The van der Waals surface area contributed by atoms with Crippen LogP contribution in [0.25, 0.3) is 0 Å². The summed E-state index contributed by atoms with van der Waals surface area (Å²) in [4.78, 5) is 12.7. The molecule has 0 spiro atoms. The van der Waals surface area contributed by atoms with Crippen molar-refractivity contribution in [3.8, 4) is 0 Å². The molecule has 2 atom stereocenters. The Labute approximate surface area is 156 Å². The molecular formula is C19H29N3O3S. The number of hydrogen-bond acceptors (Lipinski definition) is 4. The quantitative estimate of drug-likeness (QED) is 0.698. The average Bonchev–Trinajstić information content (AvgIpc) is 2.61. The van der Waals surface area contributed by atoms with Crippen LogP contribution >= 0.6 is 0 Å². The molecule has 144 valence electrons. The number of carbonyl (C=O) groups is 1. The van der Waals surface area contributed by atoms with Crippen LogP contribution in [0.2, 0.25) is 0 Å². The summed E-state index contributed by atoms with van der Waals surface area (Å²) in [6.45, 7) is 0. The Kier molecular flexibility index (Phi) is 5.99. The SMILES string of the molecule is CNS(=O)(=O)c1ccc(CCC(=O)NC2C3CCCC2CC(N)C3)cc1. The van der Waals surface area contributed by atoms with E-state index in [0.29, 0.717) is 24.7 Å². The normalized spacial score (nSPS) is 28.5. The third-order valence-electron chi connectivity index (χ3n) is 5.85. The van der Waals surface area contributed by atoms with Gasteiger partial charge in [0.05, 0.1) is 4.90 Å². The van der Waals surface area contributed by atoms with Gasteiger partial charge in [-0.2, -0.15) is 0 Å². The smallest absolute Gasteiger partial charge is 0.240 e. The molecule has 2 aliphatic carbocycles. The summed E-state index contributed by atoms with van der Waals surface area (Å²) in [7, 11) is -2.03. The molecule has 26 heavy (non-hydrogen) atoms. The van der Waals surface area contributed by atoms with Gasteiger partial charge in [-0.25, -0.2) is 13.1 Å². The van der Waals surface area contributed by atoms with Gasteiger partial charge in [0.2, 0.25) is 15.9 Å². The molecular weight excluding hydrogens is 350 g/mol.